The predicted octanol–water partition coefficient (Wildman–Crippen LogP) is 2.74. The van der Waals surface area contributed by atoms with Gasteiger partial charge in [0, 0.05) is 17.0 Å². The van der Waals surface area contributed by atoms with Crippen LogP contribution in [-0.2, 0) is 16.0 Å². The molecule has 0 radical (unpaired) electrons. The van der Waals surface area contributed by atoms with Gasteiger partial charge >= 0.3 is 0 Å². The Labute approximate surface area is 160 Å². The second-order valence-corrected chi connectivity index (χ2v) is 6.03. The number of benzene rings is 2. The number of rotatable bonds is 6. The quantitative estimate of drug-likeness (QED) is 0.636. The number of ether oxygens (including phenoxy) is 2. The van der Waals surface area contributed by atoms with E-state index in [4.69, 9.17) is 13.9 Å². The third kappa shape index (κ3) is 4.40. The van der Waals surface area contributed by atoms with Gasteiger partial charge in [-0.1, -0.05) is 12.1 Å². The summed E-state index contributed by atoms with van der Waals surface area (Å²) in [6, 6.07) is 11.0. The van der Waals surface area contributed by atoms with Gasteiger partial charge in [0.1, 0.15) is 11.3 Å². The van der Waals surface area contributed by atoms with Gasteiger partial charge in [-0.25, -0.2) is 4.39 Å². The van der Waals surface area contributed by atoms with E-state index in [-0.39, 0.29) is 12.2 Å². The number of halogens is 1. The van der Waals surface area contributed by atoms with Gasteiger partial charge in [0.25, 0.3) is 5.91 Å². The summed E-state index contributed by atoms with van der Waals surface area (Å²) in [6.07, 6.45) is 0.483. The summed E-state index contributed by atoms with van der Waals surface area (Å²) in [5, 5.41) is 0.776. The summed E-state index contributed by atoms with van der Waals surface area (Å²) in [5.41, 5.74) is 5.84. The smallest absolute Gasteiger partial charge is 0.279 e. The number of carbonyl (C=O) groups is 2. The van der Waals surface area contributed by atoms with E-state index < -0.39 is 23.7 Å². The van der Waals surface area contributed by atoms with Crippen molar-refractivity contribution in [3.05, 3.63) is 60.1 Å². The minimum absolute atomic E-state index is 0.00214. The average molecular weight is 386 g/mol. The first kappa shape index (κ1) is 19.2. The van der Waals surface area contributed by atoms with Gasteiger partial charge in [-0.2, -0.15) is 0 Å². The van der Waals surface area contributed by atoms with Gasteiger partial charge in [-0.05, 0) is 31.2 Å². The van der Waals surface area contributed by atoms with Gasteiger partial charge in [-0.3, -0.25) is 20.4 Å². The fraction of sp³-hybridized carbons (Fsp3) is 0.200. The first-order chi connectivity index (χ1) is 13.5. The SMILES string of the molecule is COc1ccc2c(CC(=O)NNC(=O)[C@@H](C)Oc3ccccc3F)coc2c1. The molecule has 2 aromatic carbocycles. The Balaban J connectivity index is 1.54. The molecule has 7 nitrogen and oxygen atoms in total. The third-order valence-corrected chi connectivity index (χ3v) is 4.05. The lowest BCUT2D eigenvalue weighted by atomic mass is 10.1. The minimum Gasteiger partial charge on any atom is -0.497 e. The van der Waals surface area contributed by atoms with E-state index >= 15 is 0 Å². The molecule has 0 aliphatic rings. The molecule has 0 bridgehead atoms. The van der Waals surface area contributed by atoms with Gasteiger partial charge in [0.2, 0.25) is 5.91 Å². The summed E-state index contributed by atoms with van der Waals surface area (Å²) in [7, 11) is 1.55. The largest absolute Gasteiger partial charge is 0.497 e. The molecule has 0 fully saturated rings. The minimum atomic E-state index is -1.00. The lowest BCUT2D eigenvalue weighted by Gasteiger charge is -2.15. The highest BCUT2D eigenvalue weighted by Crippen LogP contribution is 2.25. The number of hydrogen-bond donors (Lipinski definition) is 2. The van der Waals surface area contributed by atoms with Crippen LogP contribution in [0.2, 0.25) is 0 Å². The Bertz CT molecular complexity index is 1000. The van der Waals surface area contributed by atoms with E-state index in [1.807, 2.05) is 0 Å². The molecule has 28 heavy (non-hydrogen) atoms. The van der Waals surface area contributed by atoms with Crippen molar-refractivity contribution in [2.75, 3.05) is 7.11 Å². The number of para-hydroxylation sites is 1. The van der Waals surface area contributed by atoms with Crippen LogP contribution in [0.3, 0.4) is 0 Å². The van der Waals surface area contributed by atoms with Crippen molar-refractivity contribution in [2.45, 2.75) is 19.4 Å². The molecule has 146 valence electrons. The standard InChI is InChI=1S/C20H19FN2O5/c1-12(28-17-6-4-3-5-16(17)21)20(25)23-22-19(24)9-13-11-27-18-10-14(26-2)7-8-15(13)18/h3-8,10-12H,9H2,1-2H3,(H,22,24)(H,23,25)/t12-/m1/s1. The van der Waals surface area contributed by atoms with E-state index in [0.29, 0.717) is 16.9 Å². The van der Waals surface area contributed by atoms with Crippen molar-refractivity contribution in [3.8, 4) is 11.5 Å². The van der Waals surface area contributed by atoms with E-state index in [2.05, 4.69) is 10.9 Å². The number of amides is 2. The van der Waals surface area contributed by atoms with Crippen LogP contribution < -0.4 is 20.3 Å². The van der Waals surface area contributed by atoms with E-state index in [0.717, 1.165) is 5.39 Å². The van der Waals surface area contributed by atoms with Crippen LogP contribution in [0.4, 0.5) is 4.39 Å². The molecule has 2 N–H and O–H groups in total. The van der Waals surface area contributed by atoms with Gasteiger partial charge < -0.3 is 13.9 Å². The number of nitrogens with one attached hydrogen (secondary N) is 2. The van der Waals surface area contributed by atoms with Crippen molar-refractivity contribution in [2.24, 2.45) is 0 Å². The summed E-state index contributed by atoms with van der Waals surface area (Å²) < 4.78 is 29.4. The molecular formula is C20H19FN2O5. The number of fused-ring (bicyclic) bond motifs is 1. The molecule has 0 spiro atoms. The predicted molar refractivity (Wildman–Crippen MR) is 99.2 cm³/mol. The topological polar surface area (TPSA) is 89.8 Å². The van der Waals surface area contributed by atoms with Crippen LogP contribution in [0.5, 0.6) is 11.5 Å². The number of furan rings is 1. The highest BCUT2D eigenvalue weighted by Gasteiger charge is 2.18. The molecule has 0 saturated carbocycles. The second kappa shape index (κ2) is 8.43. The van der Waals surface area contributed by atoms with Gasteiger partial charge in [0.05, 0.1) is 19.8 Å². The normalized spacial score (nSPS) is 11.7. The number of hydrazine groups is 1. The van der Waals surface area contributed by atoms with Crippen LogP contribution in [0, 0.1) is 5.82 Å². The van der Waals surface area contributed by atoms with Gasteiger partial charge in [-0.15, -0.1) is 0 Å². The first-order valence-corrected chi connectivity index (χ1v) is 8.52. The van der Waals surface area contributed by atoms with E-state index in [1.165, 1.54) is 31.4 Å². The number of methoxy groups -OCH3 is 1. The number of hydrogen-bond acceptors (Lipinski definition) is 5. The maximum absolute atomic E-state index is 13.6. The molecule has 1 atom stereocenters. The van der Waals surface area contributed by atoms with Crippen LogP contribution in [0.15, 0.2) is 53.1 Å². The lowest BCUT2D eigenvalue weighted by molar-refractivity contribution is -0.132. The second-order valence-electron chi connectivity index (χ2n) is 6.03. The fourth-order valence-corrected chi connectivity index (χ4v) is 2.56. The highest BCUT2D eigenvalue weighted by atomic mass is 19.1. The molecule has 0 unspecified atom stereocenters. The number of carbonyl (C=O) groups excluding carboxylic acids is 2. The van der Waals surface area contributed by atoms with Crippen LogP contribution in [0.25, 0.3) is 11.0 Å². The van der Waals surface area contributed by atoms with Crippen molar-refractivity contribution < 1.29 is 27.9 Å². The zero-order chi connectivity index (χ0) is 20.1. The van der Waals surface area contributed by atoms with Crippen molar-refractivity contribution in [1.29, 1.82) is 0 Å². The van der Waals surface area contributed by atoms with Crippen molar-refractivity contribution >= 4 is 22.8 Å². The van der Waals surface area contributed by atoms with Crippen LogP contribution in [-0.4, -0.2) is 25.0 Å². The molecule has 8 heteroatoms. The molecule has 3 aromatic rings. The molecule has 0 aliphatic heterocycles. The Morgan fingerprint density at radius 1 is 1.18 bits per heavy atom. The Morgan fingerprint density at radius 2 is 1.96 bits per heavy atom. The van der Waals surface area contributed by atoms with Gasteiger partial charge in [0.15, 0.2) is 17.7 Å². The monoisotopic (exact) mass is 386 g/mol. The molecule has 0 saturated heterocycles. The van der Waals surface area contributed by atoms with Crippen LogP contribution in [0.1, 0.15) is 12.5 Å². The molecular weight excluding hydrogens is 367 g/mol. The van der Waals surface area contributed by atoms with E-state index in [1.54, 1.807) is 31.4 Å². The summed E-state index contributed by atoms with van der Waals surface area (Å²) >= 11 is 0. The van der Waals surface area contributed by atoms with Crippen molar-refractivity contribution in [3.63, 3.8) is 0 Å². The Morgan fingerprint density at radius 3 is 2.71 bits per heavy atom. The zero-order valence-electron chi connectivity index (χ0n) is 15.3. The molecule has 1 heterocycles. The maximum atomic E-state index is 13.6. The summed E-state index contributed by atoms with van der Waals surface area (Å²) in [6.45, 7) is 1.45. The molecule has 2 amide bonds. The Kier molecular flexibility index (Phi) is 5.78. The average Bonchev–Trinajstić information content (AvgIpc) is 3.09. The maximum Gasteiger partial charge on any atom is 0.279 e. The fourth-order valence-electron chi connectivity index (χ4n) is 2.56. The lowest BCUT2D eigenvalue weighted by Crippen LogP contribution is -2.47. The molecule has 3 rings (SSSR count). The highest BCUT2D eigenvalue weighted by molar-refractivity contribution is 5.89. The third-order valence-electron chi connectivity index (χ3n) is 4.05. The first-order valence-electron chi connectivity index (χ1n) is 8.52. The molecule has 1 aromatic heterocycles. The van der Waals surface area contributed by atoms with Crippen LogP contribution >= 0.6 is 0 Å². The molecule has 0 aliphatic carbocycles. The summed E-state index contributed by atoms with van der Waals surface area (Å²) in [5.74, 6) is -1.02. The zero-order valence-corrected chi connectivity index (χ0v) is 15.3. The van der Waals surface area contributed by atoms with E-state index in [9.17, 15) is 14.0 Å². The Hall–Kier alpha value is -3.55. The van der Waals surface area contributed by atoms with Crippen molar-refractivity contribution in [1.82, 2.24) is 10.9 Å². The summed E-state index contributed by atoms with van der Waals surface area (Å²) in [4.78, 5) is 24.2.